The summed E-state index contributed by atoms with van der Waals surface area (Å²) in [5, 5.41) is 9.45. The van der Waals surface area contributed by atoms with E-state index in [2.05, 4.69) is 15.3 Å². The number of nitrogens with zero attached hydrogens (tertiary/aromatic N) is 3. The number of ether oxygens (including phenoxy) is 1. The van der Waals surface area contributed by atoms with Crippen LogP contribution in [0.3, 0.4) is 0 Å². The van der Waals surface area contributed by atoms with Crippen molar-refractivity contribution >= 4 is 12.2 Å². The molecule has 1 saturated heterocycles. The van der Waals surface area contributed by atoms with Crippen molar-refractivity contribution in [2.45, 2.75) is 32.2 Å². The molecule has 1 aromatic carbocycles. The summed E-state index contributed by atoms with van der Waals surface area (Å²) in [6.07, 6.45) is 9.09. The molecule has 2 aliphatic rings. The SMILES string of the molecule is N=[C]NCc1cccc(-c2cnc(OCC3CCN(C(=O)C4CC4)CC3)nc2)c1F. The Hall–Kier alpha value is -3.03. The second kappa shape index (κ2) is 9.19. The quantitative estimate of drug-likeness (QED) is 0.397. The van der Waals surface area contributed by atoms with Crippen molar-refractivity contribution < 1.29 is 13.9 Å². The van der Waals surface area contributed by atoms with Crippen molar-refractivity contribution in [3.8, 4) is 17.1 Å². The van der Waals surface area contributed by atoms with Crippen LogP contribution in [-0.2, 0) is 11.3 Å². The number of carbonyl (C=O) groups is 1. The molecule has 0 spiro atoms. The Morgan fingerprint density at radius 1 is 1.23 bits per heavy atom. The third-order valence-corrected chi connectivity index (χ3v) is 5.69. The number of amides is 1. The molecular weight excluding hydrogens is 385 g/mol. The Morgan fingerprint density at radius 2 is 1.97 bits per heavy atom. The first kappa shape index (κ1) is 20.3. The van der Waals surface area contributed by atoms with Crippen LogP contribution in [0.15, 0.2) is 30.6 Å². The highest BCUT2D eigenvalue weighted by Crippen LogP contribution is 2.32. The van der Waals surface area contributed by atoms with Gasteiger partial charge in [-0.1, -0.05) is 18.2 Å². The number of piperidine rings is 1. The summed E-state index contributed by atoms with van der Waals surface area (Å²) >= 11 is 0. The van der Waals surface area contributed by atoms with E-state index in [-0.39, 0.29) is 24.3 Å². The Balaban J connectivity index is 1.30. The van der Waals surface area contributed by atoms with Gasteiger partial charge >= 0.3 is 6.01 Å². The molecule has 2 N–H and O–H groups in total. The number of aromatic nitrogens is 2. The van der Waals surface area contributed by atoms with Gasteiger partial charge in [0.15, 0.2) is 6.34 Å². The lowest BCUT2D eigenvalue weighted by Gasteiger charge is -2.31. The highest BCUT2D eigenvalue weighted by atomic mass is 19.1. The zero-order chi connectivity index (χ0) is 20.9. The minimum Gasteiger partial charge on any atom is -0.463 e. The summed E-state index contributed by atoms with van der Waals surface area (Å²) in [7, 11) is 0. The largest absolute Gasteiger partial charge is 0.463 e. The molecule has 4 rings (SSSR count). The van der Waals surface area contributed by atoms with E-state index in [0.717, 1.165) is 38.8 Å². The predicted molar refractivity (Wildman–Crippen MR) is 110 cm³/mol. The van der Waals surface area contributed by atoms with E-state index in [1.54, 1.807) is 30.6 Å². The van der Waals surface area contributed by atoms with Crippen molar-refractivity contribution in [2.24, 2.45) is 11.8 Å². The molecular formula is C22H25FN5O2. The van der Waals surface area contributed by atoms with Crippen LogP contribution in [0.1, 0.15) is 31.2 Å². The van der Waals surface area contributed by atoms with Crippen molar-refractivity contribution in [1.29, 1.82) is 5.41 Å². The summed E-state index contributed by atoms with van der Waals surface area (Å²) < 4.78 is 20.4. The lowest BCUT2D eigenvalue weighted by molar-refractivity contribution is -0.134. The molecule has 157 valence electrons. The molecule has 1 aliphatic heterocycles. The fraction of sp³-hybridized carbons (Fsp3) is 0.455. The first-order valence-corrected chi connectivity index (χ1v) is 10.3. The highest BCUT2D eigenvalue weighted by molar-refractivity contribution is 5.81. The molecule has 30 heavy (non-hydrogen) atoms. The van der Waals surface area contributed by atoms with Gasteiger partial charge in [0.2, 0.25) is 5.91 Å². The van der Waals surface area contributed by atoms with Gasteiger partial charge in [-0.3, -0.25) is 10.2 Å². The summed E-state index contributed by atoms with van der Waals surface area (Å²) in [6.45, 7) is 2.30. The normalized spacial score (nSPS) is 16.9. The van der Waals surface area contributed by atoms with Gasteiger partial charge in [0.05, 0.1) is 6.61 Å². The van der Waals surface area contributed by atoms with Crippen molar-refractivity contribution in [3.63, 3.8) is 0 Å². The Bertz CT molecular complexity index is 893. The molecule has 1 radical (unpaired) electrons. The molecule has 1 aromatic heterocycles. The number of benzene rings is 1. The average molecular weight is 410 g/mol. The van der Waals surface area contributed by atoms with Gasteiger partial charge in [-0.05, 0) is 31.6 Å². The topological polar surface area (TPSA) is 91.2 Å². The third kappa shape index (κ3) is 4.75. The summed E-state index contributed by atoms with van der Waals surface area (Å²) in [5.41, 5.74) is 1.41. The predicted octanol–water partition coefficient (Wildman–Crippen LogP) is 2.88. The summed E-state index contributed by atoms with van der Waals surface area (Å²) in [5.74, 6) is 0.603. The Labute approximate surface area is 175 Å². The minimum absolute atomic E-state index is 0.191. The van der Waals surface area contributed by atoms with E-state index in [1.165, 1.54) is 0 Å². The first-order chi connectivity index (χ1) is 14.7. The van der Waals surface area contributed by atoms with Crippen molar-refractivity contribution in [3.05, 3.63) is 42.0 Å². The van der Waals surface area contributed by atoms with Crippen molar-refractivity contribution in [2.75, 3.05) is 19.7 Å². The molecule has 2 fully saturated rings. The lowest BCUT2D eigenvalue weighted by atomic mass is 9.97. The molecule has 1 saturated carbocycles. The molecule has 1 aliphatic carbocycles. The van der Waals surface area contributed by atoms with Gasteiger partial charge in [-0.2, -0.15) is 0 Å². The van der Waals surface area contributed by atoms with Gasteiger partial charge in [0.1, 0.15) is 5.82 Å². The third-order valence-electron chi connectivity index (χ3n) is 5.69. The average Bonchev–Trinajstić information content (AvgIpc) is 3.63. The summed E-state index contributed by atoms with van der Waals surface area (Å²) in [4.78, 5) is 22.6. The second-order valence-electron chi connectivity index (χ2n) is 7.87. The fourth-order valence-corrected chi connectivity index (χ4v) is 3.71. The van der Waals surface area contributed by atoms with Gasteiger partial charge < -0.3 is 15.0 Å². The van der Waals surface area contributed by atoms with Gasteiger partial charge in [0.25, 0.3) is 0 Å². The molecule has 2 heterocycles. The smallest absolute Gasteiger partial charge is 0.316 e. The van der Waals surface area contributed by atoms with Crippen LogP contribution in [0.4, 0.5) is 4.39 Å². The number of likely N-dealkylation sites (tertiary alicyclic amines) is 1. The first-order valence-electron chi connectivity index (χ1n) is 10.3. The molecule has 2 aromatic rings. The number of carbonyl (C=O) groups excluding carboxylic acids is 1. The van der Waals surface area contributed by atoms with Gasteiger partial charge in [0, 0.05) is 54.6 Å². The Kier molecular flexibility index (Phi) is 6.21. The van der Waals surface area contributed by atoms with E-state index in [9.17, 15) is 9.18 Å². The van der Waals surface area contributed by atoms with Gasteiger partial charge in [-0.25, -0.2) is 14.4 Å². The molecule has 7 nitrogen and oxygen atoms in total. The summed E-state index contributed by atoms with van der Waals surface area (Å²) in [6, 6.07) is 5.35. The number of halogens is 1. The molecule has 1 amide bonds. The Morgan fingerprint density at radius 3 is 2.63 bits per heavy atom. The molecule has 0 bridgehead atoms. The van der Waals surface area contributed by atoms with E-state index in [1.807, 2.05) is 11.2 Å². The van der Waals surface area contributed by atoms with Crippen LogP contribution in [-0.4, -0.2) is 46.8 Å². The maximum Gasteiger partial charge on any atom is 0.316 e. The molecule has 8 heteroatoms. The number of nitrogens with one attached hydrogen (secondary N) is 2. The second-order valence-corrected chi connectivity index (χ2v) is 7.87. The van der Waals surface area contributed by atoms with E-state index in [4.69, 9.17) is 10.1 Å². The molecule has 0 atom stereocenters. The van der Waals surface area contributed by atoms with Crippen LogP contribution in [0, 0.1) is 23.1 Å². The zero-order valence-corrected chi connectivity index (χ0v) is 16.7. The molecule has 0 unspecified atom stereocenters. The van der Waals surface area contributed by atoms with Crippen LogP contribution < -0.4 is 10.1 Å². The highest BCUT2D eigenvalue weighted by Gasteiger charge is 2.34. The van der Waals surface area contributed by atoms with Crippen LogP contribution in [0.25, 0.3) is 11.1 Å². The number of hydrogen-bond donors (Lipinski definition) is 2. The number of rotatable bonds is 8. The van der Waals surface area contributed by atoms with Crippen LogP contribution >= 0.6 is 0 Å². The van der Waals surface area contributed by atoms with Crippen LogP contribution in [0.5, 0.6) is 6.01 Å². The number of hydrogen-bond acceptors (Lipinski definition) is 5. The van der Waals surface area contributed by atoms with Crippen LogP contribution in [0.2, 0.25) is 0 Å². The van der Waals surface area contributed by atoms with E-state index < -0.39 is 0 Å². The van der Waals surface area contributed by atoms with Crippen molar-refractivity contribution in [1.82, 2.24) is 20.2 Å². The van der Waals surface area contributed by atoms with E-state index >= 15 is 0 Å². The van der Waals surface area contributed by atoms with Gasteiger partial charge in [-0.15, -0.1) is 0 Å². The fourth-order valence-electron chi connectivity index (χ4n) is 3.71. The maximum absolute atomic E-state index is 14.7. The van der Waals surface area contributed by atoms with E-state index in [0.29, 0.717) is 35.1 Å². The zero-order valence-electron chi connectivity index (χ0n) is 16.7. The maximum atomic E-state index is 14.7. The standard InChI is InChI=1S/C22H25FN5O2/c23-20-17(10-25-14-24)2-1-3-19(20)18-11-26-22(27-12-18)30-13-15-6-8-28(9-7-15)21(29)16-4-5-16/h1-3,11-12,15-16H,4-10,13H2,(H2,24,25). The minimum atomic E-state index is -0.370. The monoisotopic (exact) mass is 410 g/mol. The lowest BCUT2D eigenvalue weighted by Crippen LogP contribution is -2.40.